The molecule has 4 atom stereocenters. The third-order valence-corrected chi connectivity index (χ3v) is 17.8. The lowest BCUT2D eigenvalue weighted by molar-refractivity contribution is -0.290. The molecule has 0 saturated carbocycles. The molecule has 2 aromatic heterocycles. The van der Waals surface area contributed by atoms with Crippen molar-refractivity contribution in [3.05, 3.63) is 153 Å². The second-order valence-electron chi connectivity index (χ2n) is 25.2. The van der Waals surface area contributed by atoms with Gasteiger partial charge < -0.3 is 29.5 Å². The molecular weight excluding hydrogens is 1190 g/mol. The fourth-order valence-corrected chi connectivity index (χ4v) is 13.4. The minimum absolute atomic E-state index is 0.0146. The van der Waals surface area contributed by atoms with Crippen molar-refractivity contribution in [1.82, 2.24) is 14.7 Å². The summed E-state index contributed by atoms with van der Waals surface area (Å²) in [4.78, 5) is 45.4. The van der Waals surface area contributed by atoms with Gasteiger partial charge in [-0.2, -0.15) is 0 Å². The zero-order chi connectivity index (χ0) is 65.8. The number of nitrogens with two attached hydrogens (primary N) is 1. The van der Waals surface area contributed by atoms with E-state index in [0.29, 0.717) is 59.5 Å². The van der Waals surface area contributed by atoms with Gasteiger partial charge in [0.25, 0.3) is 10.0 Å². The van der Waals surface area contributed by atoms with Crippen molar-refractivity contribution >= 4 is 50.0 Å². The molecule has 21 heteroatoms. The molecule has 2 aliphatic carbocycles. The third kappa shape index (κ3) is 17.2. The summed E-state index contributed by atoms with van der Waals surface area (Å²) in [5.74, 6) is -4.04. The van der Waals surface area contributed by atoms with Gasteiger partial charge in [-0.3, -0.25) is 24.4 Å². The number of aryl methyl sites for hydroxylation is 2. The minimum atomic E-state index is -4.11. The number of carbonyl (C=O) groups excluding carboxylic acids is 2. The normalized spacial score (nSPS) is 17.3. The van der Waals surface area contributed by atoms with E-state index in [0.717, 1.165) is 82.0 Å². The number of primary sulfonamides is 1. The highest BCUT2D eigenvalue weighted by Gasteiger charge is 2.37. The summed E-state index contributed by atoms with van der Waals surface area (Å²) in [7, 11) is -8.05. The Labute approximate surface area is 525 Å². The Morgan fingerprint density at radius 2 is 1.23 bits per heavy atom. The molecule has 1 saturated heterocycles. The van der Waals surface area contributed by atoms with Crippen molar-refractivity contribution in [3.63, 3.8) is 0 Å². The first kappa shape index (κ1) is 68.5. The highest BCUT2D eigenvalue weighted by atomic mass is 32.2. The largest absolute Gasteiger partial charge is 0.481 e. The summed E-state index contributed by atoms with van der Waals surface area (Å²) < 4.78 is 98.7. The molecule has 0 spiro atoms. The number of ether oxygens (including phenoxy) is 3. The van der Waals surface area contributed by atoms with Gasteiger partial charge in [-0.15, -0.1) is 0 Å². The lowest BCUT2D eigenvalue weighted by Crippen LogP contribution is -2.45. The highest BCUT2D eigenvalue weighted by Crippen LogP contribution is 2.45. The molecule has 90 heavy (non-hydrogen) atoms. The number of benzene rings is 4. The predicted molar refractivity (Wildman–Crippen MR) is 341 cm³/mol. The highest BCUT2D eigenvalue weighted by molar-refractivity contribution is 7.90. The van der Waals surface area contributed by atoms with Crippen molar-refractivity contribution in [2.45, 2.75) is 191 Å². The summed E-state index contributed by atoms with van der Waals surface area (Å²) in [5.41, 5.74) is 12.0. The van der Waals surface area contributed by atoms with Crippen molar-refractivity contribution in [2.75, 3.05) is 0 Å². The predicted octanol–water partition coefficient (Wildman–Crippen LogP) is 12.1. The number of aromatic nitrogens is 2. The van der Waals surface area contributed by atoms with E-state index >= 15 is 0 Å². The van der Waals surface area contributed by atoms with E-state index in [1.807, 2.05) is 71.4 Å². The van der Waals surface area contributed by atoms with Gasteiger partial charge >= 0.3 is 11.9 Å². The Kier molecular flexibility index (Phi) is 21.3. The van der Waals surface area contributed by atoms with Crippen LogP contribution in [0.1, 0.15) is 164 Å². The maximum Gasteiger partial charge on any atom is 0.308 e. The van der Waals surface area contributed by atoms with Crippen LogP contribution in [0.15, 0.2) is 107 Å². The first-order valence-electron chi connectivity index (χ1n) is 30.2. The van der Waals surface area contributed by atoms with Gasteiger partial charge in [0.2, 0.25) is 15.9 Å². The van der Waals surface area contributed by atoms with Crippen LogP contribution in [0, 0.1) is 11.6 Å². The number of carbonyl (C=O) groups is 3. The number of halogens is 2. The van der Waals surface area contributed by atoms with Crippen LogP contribution in [0.5, 0.6) is 0 Å². The van der Waals surface area contributed by atoms with Gasteiger partial charge in [-0.25, -0.2) is 35.5 Å². The molecule has 9 rings (SSSR count). The molecule has 1 aliphatic heterocycles. The molecule has 6 N–H and O–H groups in total. The molecule has 17 nitrogen and oxygen atoms in total. The first-order chi connectivity index (χ1) is 42.2. The number of nitrogens with one attached hydrogen (secondary N) is 1. The van der Waals surface area contributed by atoms with E-state index in [-0.39, 0.29) is 52.4 Å². The molecule has 0 unspecified atom stereocenters. The van der Waals surface area contributed by atoms with Crippen LogP contribution in [0.25, 0.3) is 56.9 Å². The Morgan fingerprint density at radius 1 is 0.744 bits per heavy atom. The number of aliphatic carboxylic acids is 1. The molecule has 1 amide bonds. The summed E-state index contributed by atoms with van der Waals surface area (Å²) in [6, 6.07) is 22.2. The maximum absolute atomic E-state index is 14.2. The molecule has 0 radical (unpaired) electrons. The number of esters is 1. The van der Waals surface area contributed by atoms with Crippen LogP contribution < -0.4 is 9.86 Å². The van der Waals surface area contributed by atoms with Gasteiger partial charge in [0.15, 0.2) is 5.79 Å². The molecule has 480 valence electrons. The number of sulfonamides is 2. The zero-order valence-electron chi connectivity index (χ0n) is 52.4. The summed E-state index contributed by atoms with van der Waals surface area (Å²) in [6.07, 6.45) is 8.11. The van der Waals surface area contributed by atoms with Gasteiger partial charge in [0.1, 0.15) is 17.2 Å². The fraction of sp³-hybridized carbons (Fsp3) is 0.406. The summed E-state index contributed by atoms with van der Waals surface area (Å²) in [6.45, 7) is 18.3. The van der Waals surface area contributed by atoms with Gasteiger partial charge in [-0.1, -0.05) is 88.4 Å². The minimum Gasteiger partial charge on any atom is -0.481 e. The van der Waals surface area contributed by atoms with E-state index in [1.165, 1.54) is 42.5 Å². The average Bonchev–Trinajstić information content (AvgIpc) is 1.25. The Balaban J connectivity index is 0.000000233. The number of aliphatic hydroxyl groups is 2. The fourth-order valence-electron chi connectivity index (χ4n) is 11.9. The summed E-state index contributed by atoms with van der Waals surface area (Å²) >= 11 is 0. The van der Waals surface area contributed by atoms with Crippen molar-refractivity contribution in [1.29, 1.82) is 0 Å². The number of amides is 1. The Morgan fingerprint density at radius 3 is 1.70 bits per heavy atom. The van der Waals surface area contributed by atoms with Crippen LogP contribution in [0.3, 0.4) is 0 Å². The number of aliphatic hydroxyl groups excluding tert-OH is 2. The molecule has 4 aromatic carbocycles. The van der Waals surface area contributed by atoms with Gasteiger partial charge in [-0.05, 0) is 178 Å². The van der Waals surface area contributed by atoms with Crippen molar-refractivity contribution < 1.29 is 69.5 Å². The van der Waals surface area contributed by atoms with E-state index in [4.69, 9.17) is 34.4 Å². The number of hydrogen-bond acceptors (Lipinski definition) is 14. The lowest BCUT2D eigenvalue weighted by atomic mass is 9.86. The first-order valence-corrected chi connectivity index (χ1v) is 33.2. The topological polar surface area (TPSA) is 272 Å². The zero-order valence-corrected chi connectivity index (χ0v) is 54.0. The number of pyridine rings is 2. The molecule has 6 aromatic rings. The second kappa shape index (κ2) is 28.0. The van der Waals surface area contributed by atoms with Crippen LogP contribution in [0.4, 0.5) is 8.78 Å². The van der Waals surface area contributed by atoms with E-state index in [1.54, 1.807) is 48.5 Å². The van der Waals surface area contributed by atoms with Crippen LogP contribution in [0.2, 0.25) is 0 Å². The van der Waals surface area contributed by atoms with E-state index < -0.39 is 73.9 Å². The number of rotatable bonds is 17. The maximum atomic E-state index is 14.2. The van der Waals surface area contributed by atoms with E-state index in [2.05, 4.69) is 13.8 Å². The SMILES string of the molecule is CC(=O)NS(=O)(=O)c1ccc2c(c1)-c1nc(C(C)C)c(/C=C/[C@@H](O)C[C@@H](O)CC(=O)O)c(-c3ccc(F)cc3)c1CCC2.CC(C)c1nc2c(c(-c3ccc(F)cc3)c1/C=C/[C@@H]1C[C@H](CC(=O)OC(C)(C)C)OC(C)(C)O1)CCCc1ccc(S(N)(=O)=O)cc1-2. The van der Waals surface area contributed by atoms with Crippen molar-refractivity contribution in [3.8, 4) is 44.8 Å². The standard InChI is InChI=1S/C37H45FN2O6S.C32H35FN2O7S/c1-22(2)34-30(18-16-26-19-27(45-37(6,7)44-26)20-32(41)46-36(3,4)5)33(24-11-14-25(38)15-12-24)29-10-8-9-23-13-17-28(47(39,42)43)21-31(23)35(29)40-34;1-18(2)31-27(14-12-23(37)15-24(38)16-29(39)40)30(21-7-10-22(33)11-8-21)26-6-4-5-20-9-13-25(17-28(20)32(26)34-31)43(41,42)35-19(3)36/h11-18,21-22,26-27H,8-10,19-20H2,1-7H3,(H2,39,42,43);7-14,17-18,23-24,37-38H,4-6,15-16H2,1-3H3,(H,35,36)(H,39,40)/b18-16+;14-12+/t26-,27-;23-,24-/m11/s1. The molecule has 1 fully saturated rings. The molecule has 3 aliphatic rings. The molecule has 0 bridgehead atoms. The van der Waals surface area contributed by atoms with E-state index in [9.17, 15) is 50.2 Å². The van der Waals surface area contributed by atoms with Gasteiger partial charge in [0, 0.05) is 42.0 Å². The van der Waals surface area contributed by atoms with Gasteiger partial charge in [0.05, 0.1) is 69.8 Å². The smallest absolute Gasteiger partial charge is 0.308 e. The lowest BCUT2D eigenvalue weighted by Gasteiger charge is -2.40. The molecular formula is C69H80F2N4O13S2. The van der Waals surface area contributed by atoms with Crippen LogP contribution in [-0.2, 0) is 74.3 Å². The van der Waals surface area contributed by atoms with Crippen LogP contribution >= 0.6 is 0 Å². The number of carboxylic acids is 1. The van der Waals surface area contributed by atoms with Crippen LogP contribution in [-0.4, -0.2) is 95.8 Å². The van der Waals surface area contributed by atoms with Crippen molar-refractivity contribution in [2.24, 2.45) is 5.14 Å². The average molecular weight is 1280 g/mol. The number of carboxylic acid groups (broad SMARTS) is 1. The molecule has 3 heterocycles. The Hall–Kier alpha value is -7.37. The number of nitrogens with zero attached hydrogens (tertiary/aromatic N) is 2. The summed E-state index contributed by atoms with van der Waals surface area (Å²) in [5, 5.41) is 35.1. The quantitative estimate of drug-likeness (QED) is 0.0531. The Bertz CT molecular complexity index is 3970. The number of hydrogen-bond donors (Lipinski definition) is 5. The third-order valence-electron chi connectivity index (χ3n) is 15.5. The second-order valence-corrected chi connectivity index (χ2v) is 28.4. The number of fused-ring (bicyclic) bond motifs is 6. The monoisotopic (exact) mass is 1270 g/mol.